The standard InChI is InChI=1S/C14H26N2O2/c1-3-13(15)12-14-6-4-7-16(14)8-11-18-10-5-9-17-2/h4,6-7,13H,3,5,8-12,15H2,1-2H3. The highest BCUT2D eigenvalue weighted by molar-refractivity contribution is 5.08. The molecule has 0 aliphatic heterocycles. The van der Waals surface area contributed by atoms with Crippen LogP contribution >= 0.6 is 0 Å². The van der Waals surface area contributed by atoms with Crippen molar-refractivity contribution < 1.29 is 9.47 Å². The summed E-state index contributed by atoms with van der Waals surface area (Å²) in [7, 11) is 1.71. The van der Waals surface area contributed by atoms with Gasteiger partial charge in [-0.3, -0.25) is 0 Å². The molecule has 1 atom stereocenters. The molecule has 0 spiro atoms. The Morgan fingerprint density at radius 1 is 1.33 bits per heavy atom. The van der Waals surface area contributed by atoms with Crippen LogP contribution in [0.1, 0.15) is 25.5 Å². The summed E-state index contributed by atoms with van der Waals surface area (Å²) in [6.45, 7) is 5.29. The van der Waals surface area contributed by atoms with E-state index in [1.54, 1.807) is 7.11 Å². The molecule has 0 radical (unpaired) electrons. The third-order valence-corrected chi connectivity index (χ3v) is 3.03. The van der Waals surface area contributed by atoms with Crippen LogP contribution in [-0.2, 0) is 22.4 Å². The summed E-state index contributed by atoms with van der Waals surface area (Å²) in [4.78, 5) is 0. The van der Waals surface area contributed by atoms with E-state index in [9.17, 15) is 0 Å². The minimum absolute atomic E-state index is 0.251. The second-order valence-corrected chi connectivity index (χ2v) is 4.52. The molecule has 0 saturated heterocycles. The number of nitrogens with two attached hydrogens (primary N) is 1. The fourth-order valence-corrected chi connectivity index (χ4v) is 1.84. The van der Waals surface area contributed by atoms with Crippen molar-refractivity contribution in [3.63, 3.8) is 0 Å². The predicted octanol–water partition coefficient (Wildman–Crippen LogP) is 1.82. The van der Waals surface area contributed by atoms with Crippen molar-refractivity contribution in [3.05, 3.63) is 24.0 Å². The average molecular weight is 254 g/mol. The Kier molecular flexibility index (Phi) is 7.73. The van der Waals surface area contributed by atoms with Gasteiger partial charge in [-0.2, -0.15) is 0 Å². The second kappa shape index (κ2) is 9.14. The van der Waals surface area contributed by atoms with Crippen LogP contribution in [0.5, 0.6) is 0 Å². The molecule has 0 aliphatic carbocycles. The van der Waals surface area contributed by atoms with Gasteiger partial charge in [-0.1, -0.05) is 6.92 Å². The number of ether oxygens (including phenoxy) is 2. The molecule has 0 aromatic carbocycles. The van der Waals surface area contributed by atoms with Gasteiger partial charge in [0.25, 0.3) is 0 Å². The Bertz CT molecular complexity index is 312. The van der Waals surface area contributed by atoms with Gasteiger partial charge in [-0.15, -0.1) is 0 Å². The molecule has 0 amide bonds. The first-order valence-corrected chi connectivity index (χ1v) is 6.74. The van der Waals surface area contributed by atoms with E-state index in [1.807, 2.05) is 0 Å². The van der Waals surface area contributed by atoms with Gasteiger partial charge in [0.2, 0.25) is 0 Å². The monoisotopic (exact) mass is 254 g/mol. The highest BCUT2D eigenvalue weighted by Gasteiger charge is 2.05. The van der Waals surface area contributed by atoms with Crippen molar-refractivity contribution in [2.75, 3.05) is 26.9 Å². The number of hydrogen-bond donors (Lipinski definition) is 1. The number of aromatic nitrogens is 1. The van der Waals surface area contributed by atoms with E-state index in [0.717, 1.165) is 45.6 Å². The van der Waals surface area contributed by atoms with Crippen molar-refractivity contribution in [2.45, 2.75) is 38.8 Å². The molecule has 1 aromatic rings. The summed E-state index contributed by atoms with van der Waals surface area (Å²) in [5.74, 6) is 0. The van der Waals surface area contributed by atoms with Gasteiger partial charge in [-0.05, 0) is 25.0 Å². The Morgan fingerprint density at radius 3 is 2.89 bits per heavy atom. The van der Waals surface area contributed by atoms with Gasteiger partial charge in [-0.25, -0.2) is 0 Å². The second-order valence-electron chi connectivity index (χ2n) is 4.52. The van der Waals surface area contributed by atoms with Crippen LogP contribution in [0.2, 0.25) is 0 Å². The lowest BCUT2D eigenvalue weighted by Gasteiger charge is -2.13. The van der Waals surface area contributed by atoms with Crippen molar-refractivity contribution in [1.29, 1.82) is 0 Å². The molecule has 2 N–H and O–H groups in total. The number of methoxy groups -OCH3 is 1. The lowest BCUT2D eigenvalue weighted by molar-refractivity contribution is 0.0973. The highest BCUT2D eigenvalue weighted by atomic mass is 16.5. The molecule has 4 nitrogen and oxygen atoms in total. The Balaban J connectivity index is 2.23. The molecule has 0 saturated carbocycles. The van der Waals surface area contributed by atoms with Crippen molar-refractivity contribution in [1.82, 2.24) is 4.57 Å². The first-order chi connectivity index (χ1) is 8.77. The van der Waals surface area contributed by atoms with Gasteiger partial charge >= 0.3 is 0 Å². The molecule has 104 valence electrons. The van der Waals surface area contributed by atoms with E-state index in [4.69, 9.17) is 15.2 Å². The van der Waals surface area contributed by atoms with Crippen LogP contribution in [0.3, 0.4) is 0 Å². The van der Waals surface area contributed by atoms with E-state index in [0.29, 0.717) is 0 Å². The number of nitrogens with zero attached hydrogens (tertiary/aromatic N) is 1. The molecule has 0 aliphatic rings. The maximum absolute atomic E-state index is 5.98. The van der Waals surface area contributed by atoms with Crippen LogP contribution in [-0.4, -0.2) is 37.5 Å². The quantitative estimate of drug-likeness (QED) is 0.648. The molecular weight excluding hydrogens is 228 g/mol. The van der Waals surface area contributed by atoms with E-state index >= 15 is 0 Å². The topological polar surface area (TPSA) is 49.4 Å². The maximum atomic E-state index is 5.98. The molecule has 0 fully saturated rings. The summed E-state index contributed by atoms with van der Waals surface area (Å²) in [6, 6.07) is 4.46. The molecule has 18 heavy (non-hydrogen) atoms. The lowest BCUT2D eigenvalue weighted by Crippen LogP contribution is -2.23. The minimum atomic E-state index is 0.251. The van der Waals surface area contributed by atoms with Gasteiger partial charge < -0.3 is 19.8 Å². The van der Waals surface area contributed by atoms with Gasteiger partial charge in [0, 0.05) is 51.2 Å². The molecular formula is C14H26N2O2. The average Bonchev–Trinajstić information content (AvgIpc) is 2.81. The van der Waals surface area contributed by atoms with Crippen LogP contribution in [0.4, 0.5) is 0 Å². The molecule has 4 heteroatoms. The fourth-order valence-electron chi connectivity index (χ4n) is 1.84. The summed E-state index contributed by atoms with van der Waals surface area (Å²) in [5, 5.41) is 0. The first kappa shape index (κ1) is 15.2. The summed E-state index contributed by atoms with van der Waals surface area (Å²) in [6.07, 6.45) is 5.00. The third-order valence-electron chi connectivity index (χ3n) is 3.03. The first-order valence-electron chi connectivity index (χ1n) is 6.74. The van der Waals surface area contributed by atoms with E-state index in [1.165, 1.54) is 5.69 Å². The molecule has 1 aromatic heterocycles. The zero-order chi connectivity index (χ0) is 13.2. The zero-order valence-corrected chi connectivity index (χ0v) is 11.6. The summed E-state index contributed by atoms with van der Waals surface area (Å²) < 4.78 is 12.8. The molecule has 1 unspecified atom stereocenters. The smallest absolute Gasteiger partial charge is 0.0645 e. The number of hydrogen-bond acceptors (Lipinski definition) is 3. The largest absolute Gasteiger partial charge is 0.385 e. The van der Waals surface area contributed by atoms with Crippen molar-refractivity contribution >= 4 is 0 Å². The van der Waals surface area contributed by atoms with Gasteiger partial charge in [0.05, 0.1) is 6.61 Å². The summed E-state index contributed by atoms with van der Waals surface area (Å²) >= 11 is 0. The van der Waals surface area contributed by atoms with Crippen LogP contribution in [0.25, 0.3) is 0 Å². The van der Waals surface area contributed by atoms with E-state index < -0.39 is 0 Å². The van der Waals surface area contributed by atoms with Crippen molar-refractivity contribution in [3.8, 4) is 0 Å². The lowest BCUT2D eigenvalue weighted by atomic mass is 10.1. The molecule has 0 bridgehead atoms. The Labute approximate surface area is 110 Å². The van der Waals surface area contributed by atoms with Crippen molar-refractivity contribution in [2.24, 2.45) is 5.73 Å². The Hall–Kier alpha value is -0.840. The van der Waals surface area contributed by atoms with E-state index in [-0.39, 0.29) is 6.04 Å². The highest BCUT2D eigenvalue weighted by Crippen LogP contribution is 2.06. The zero-order valence-electron chi connectivity index (χ0n) is 11.6. The normalized spacial score (nSPS) is 12.8. The minimum Gasteiger partial charge on any atom is -0.385 e. The van der Waals surface area contributed by atoms with Gasteiger partial charge in [0.1, 0.15) is 0 Å². The summed E-state index contributed by atoms with van der Waals surface area (Å²) in [5.41, 5.74) is 7.28. The fraction of sp³-hybridized carbons (Fsp3) is 0.714. The molecule has 1 rings (SSSR count). The third kappa shape index (κ3) is 5.67. The van der Waals surface area contributed by atoms with Crippen LogP contribution in [0, 0.1) is 0 Å². The van der Waals surface area contributed by atoms with E-state index in [2.05, 4.69) is 29.8 Å². The van der Waals surface area contributed by atoms with Gasteiger partial charge in [0.15, 0.2) is 0 Å². The SMILES string of the molecule is CCC(N)Cc1cccn1CCOCCCOC. The Morgan fingerprint density at radius 2 is 2.17 bits per heavy atom. The number of rotatable bonds is 10. The maximum Gasteiger partial charge on any atom is 0.0645 e. The van der Waals surface area contributed by atoms with Crippen LogP contribution < -0.4 is 5.73 Å². The van der Waals surface area contributed by atoms with Crippen LogP contribution in [0.15, 0.2) is 18.3 Å². The molecule has 1 heterocycles. The predicted molar refractivity (Wildman–Crippen MR) is 73.7 cm³/mol.